The fourth-order valence-electron chi connectivity index (χ4n) is 0.952. The smallest absolute Gasteiger partial charge is 0.107 e. The Morgan fingerprint density at radius 3 is 2.21 bits per heavy atom. The van der Waals surface area contributed by atoms with Crippen LogP contribution in [0, 0.1) is 0 Å². The number of hydrogen-bond acceptors (Lipinski definition) is 3. The predicted octanol–water partition coefficient (Wildman–Crippen LogP) is 2.84. The molecule has 1 N–H and O–H groups in total. The van der Waals surface area contributed by atoms with Crippen molar-refractivity contribution in [2.75, 3.05) is 13.2 Å². The van der Waals surface area contributed by atoms with Gasteiger partial charge in [-0.2, -0.15) is 0 Å². The first-order chi connectivity index (χ1) is 6.33. The highest BCUT2D eigenvalue weighted by atomic mass is 32.1. The Kier molecular flexibility index (Phi) is 6.10. The molecule has 0 fully saturated rings. The van der Waals surface area contributed by atoms with Crippen LogP contribution >= 0.6 is 12.6 Å². The van der Waals surface area contributed by atoms with Crippen molar-refractivity contribution in [2.45, 2.75) is 57.9 Å². The minimum atomic E-state index is -0.300. The molecule has 86 valence electrons. The molecule has 0 saturated carbocycles. The zero-order valence-corrected chi connectivity index (χ0v) is 11.1. The zero-order chi connectivity index (χ0) is 11.2. The molecule has 0 aliphatic carbocycles. The molecule has 1 atom stereocenters. The van der Waals surface area contributed by atoms with E-state index in [1.165, 1.54) is 0 Å². The Hall–Kier alpha value is 0.270. The van der Waals surface area contributed by atoms with Gasteiger partial charge in [0.2, 0.25) is 0 Å². The van der Waals surface area contributed by atoms with Gasteiger partial charge >= 0.3 is 0 Å². The first-order valence-corrected chi connectivity index (χ1v) is 5.89. The third kappa shape index (κ3) is 6.68. The van der Waals surface area contributed by atoms with Crippen LogP contribution in [0.15, 0.2) is 0 Å². The van der Waals surface area contributed by atoms with Crippen LogP contribution in [-0.2, 0) is 4.74 Å². The topological polar surface area (TPSA) is 21.3 Å². The number of thiol groups is 1. The van der Waals surface area contributed by atoms with E-state index in [1.807, 2.05) is 6.92 Å². The fraction of sp³-hybridized carbons (Fsp3) is 1.00. The minimum absolute atomic E-state index is 0.0369. The van der Waals surface area contributed by atoms with Gasteiger partial charge in [0, 0.05) is 5.54 Å². The van der Waals surface area contributed by atoms with Gasteiger partial charge in [-0.15, -0.1) is 12.6 Å². The van der Waals surface area contributed by atoms with Crippen molar-refractivity contribution >= 4 is 12.6 Å². The predicted molar refractivity (Wildman–Crippen MR) is 66.0 cm³/mol. The fourth-order valence-corrected chi connectivity index (χ4v) is 1.02. The normalized spacial score (nSPS) is 16.7. The van der Waals surface area contributed by atoms with E-state index in [0.29, 0.717) is 6.61 Å². The van der Waals surface area contributed by atoms with E-state index >= 15 is 0 Å². The molecule has 2 nitrogen and oxygen atoms in total. The molecule has 1 unspecified atom stereocenters. The molecule has 0 rings (SSSR count). The van der Waals surface area contributed by atoms with Gasteiger partial charge in [0.15, 0.2) is 0 Å². The standard InChI is InChI=1S/C11H25NOS/c1-6-8-12-10(3,4)9-13-11(5,14)7-2/h12,14H,6-9H2,1-5H3. The second-order valence-corrected chi connectivity index (χ2v) is 5.57. The zero-order valence-electron chi connectivity index (χ0n) is 10.2. The Balaban J connectivity index is 3.85. The second-order valence-electron chi connectivity index (χ2n) is 4.63. The molecule has 0 amide bonds. The molecule has 0 saturated heterocycles. The average molecular weight is 219 g/mol. The van der Waals surface area contributed by atoms with Crippen LogP contribution in [0.4, 0.5) is 0 Å². The van der Waals surface area contributed by atoms with Crippen molar-refractivity contribution in [1.82, 2.24) is 5.32 Å². The van der Waals surface area contributed by atoms with Crippen LogP contribution < -0.4 is 5.32 Å². The maximum atomic E-state index is 5.74. The SMILES string of the molecule is CCCNC(C)(C)COC(C)(S)CC. The lowest BCUT2D eigenvalue weighted by molar-refractivity contribution is 0.00541. The summed E-state index contributed by atoms with van der Waals surface area (Å²) in [7, 11) is 0. The van der Waals surface area contributed by atoms with E-state index in [-0.39, 0.29) is 10.5 Å². The monoisotopic (exact) mass is 219 g/mol. The summed E-state index contributed by atoms with van der Waals surface area (Å²) in [6.07, 6.45) is 2.06. The van der Waals surface area contributed by atoms with Gasteiger partial charge in [0.05, 0.1) is 6.61 Å². The number of ether oxygens (including phenoxy) is 1. The molecule has 0 aromatic carbocycles. The summed E-state index contributed by atoms with van der Waals surface area (Å²) < 4.78 is 5.74. The van der Waals surface area contributed by atoms with Crippen molar-refractivity contribution in [1.29, 1.82) is 0 Å². The summed E-state index contributed by atoms with van der Waals surface area (Å²) >= 11 is 4.44. The molecule has 0 heterocycles. The lowest BCUT2D eigenvalue weighted by atomic mass is 10.1. The van der Waals surface area contributed by atoms with Crippen molar-refractivity contribution in [3.8, 4) is 0 Å². The highest BCUT2D eigenvalue weighted by Gasteiger charge is 2.23. The molecular formula is C11H25NOS. The molecule has 0 aliphatic heterocycles. The van der Waals surface area contributed by atoms with E-state index in [1.54, 1.807) is 0 Å². The van der Waals surface area contributed by atoms with Crippen LogP contribution in [0.1, 0.15) is 47.5 Å². The van der Waals surface area contributed by atoms with E-state index in [0.717, 1.165) is 19.4 Å². The van der Waals surface area contributed by atoms with Gasteiger partial charge in [-0.05, 0) is 40.2 Å². The number of hydrogen-bond donors (Lipinski definition) is 2. The minimum Gasteiger partial charge on any atom is -0.363 e. The van der Waals surface area contributed by atoms with Crippen LogP contribution in [-0.4, -0.2) is 23.6 Å². The van der Waals surface area contributed by atoms with E-state index < -0.39 is 0 Å². The van der Waals surface area contributed by atoms with E-state index in [4.69, 9.17) is 4.74 Å². The van der Waals surface area contributed by atoms with Gasteiger partial charge < -0.3 is 10.1 Å². The summed E-state index contributed by atoms with van der Waals surface area (Å²) in [6, 6.07) is 0. The molecule has 0 bridgehead atoms. The highest BCUT2D eigenvalue weighted by Crippen LogP contribution is 2.21. The summed E-state index contributed by atoms with van der Waals surface area (Å²) in [5, 5.41) is 3.45. The molecule has 14 heavy (non-hydrogen) atoms. The van der Waals surface area contributed by atoms with Gasteiger partial charge in [-0.3, -0.25) is 0 Å². The second kappa shape index (κ2) is 5.99. The summed E-state index contributed by atoms with van der Waals surface area (Å²) in [5.41, 5.74) is 0.0369. The largest absolute Gasteiger partial charge is 0.363 e. The van der Waals surface area contributed by atoms with Gasteiger partial charge in [0.1, 0.15) is 4.93 Å². The third-order valence-electron chi connectivity index (χ3n) is 2.25. The molecule has 0 aromatic heterocycles. The van der Waals surface area contributed by atoms with Crippen molar-refractivity contribution in [2.24, 2.45) is 0 Å². The maximum Gasteiger partial charge on any atom is 0.107 e. The van der Waals surface area contributed by atoms with Crippen LogP contribution in [0.5, 0.6) is 0 Å². The number of nitrogens with one attached hydrogen (secondary N) is 1. The van der Waals surface area contributed by atoms with E-state index in [2.05, 4.69) is 45.6 Å². The molecule has 0 aromatic rings. The Labute approximate surface area is 94.2 Å². The van der Waals surface area contributed by atoms with Crippen LogP contribution in [0.3, 0.4) is 0 Å². The molecule has 0 spiro atoms. The van der Waals surface area contributed by atoms with Crippen molar-refractivity contribution in [3.63, 3.8) is 0 Å². The Bertz CT molecular complexity index is 157. The van der Waals surface area contributed by atoms with Crippen molar-refractivity contribution in [3.05, 3.63) is 0 Å². The average Bonchev–Trinajstić information content (AvgIpc) is 2.12. The third-order valence-corrected chi connectivity index (χ3v) is 2.70. The lowest BCUT2D eigenvalue weighted by Gasteiger charge is -2.31. The molecule has 0 radical (unpaired) electrons. The summed E-state index contributed by atoms with van der Waals surface area (Å²) in [4.78, 5) is -0.300. The van der Waals surface area contributed by atoms with Gasteiger partial charge in [0.25, 0.3) is 0 Å². The molecule has 0 aliphatic rings. The van der Waals surface area contributed by atoms with Gasteiger partial charge in [-0.25, -0.2) is 0 Å². The van der Waals surface area contributed by atoms with Crippen molar-refractivity contribution < 1.29 is 4.74 Å². The van der Waals surface area contributed by atoms with Gasteiger partial charge in [-0.1, -0.05) is 13.8 Å². The van der Waals surface area contributed by atoms with E-state index in [9.17, 15) is 0 Å². The van der Waals surface area contributed by atoms with Crippen LogP contribution in [0.2, 0.25) is 0 Å². The Morgan fingerprint density at radius 2 is 1.79 bits per heavy atom. The maximum absolute atomic E-state index is 5.74. The molecule has 3 heteroatoms. The highest BCUT2D eigenvalue weighted by molar-refractivity contribution is 7.81. The summed E-state index contributed by atoms with van der Waals surface area (Å²) in [5.74, 6) is 0. The molecular weight excluding hydrogens is 194 g/mol. The lowest BCUT2D eigenvalue weighted by Crippen LogP contribution is -2.45. The first kappa shape index (κ1) is 14.3. The summed E-state index contributed by atoms with van der Waals surface area (Å²) in [6.45, 7) is 12.3. The quantitative estimate of drug-likeness (QED) is 0.507. The first-order valence-electron chi connectivity index (χ1n) is 5.44. The number of rotatable bonds is 7. The Morgan fingerprint density at radius 1 is 1.21 bits per heavy atom. The van der Waals surface area contributed by atoms with Crippen LogP contribution in [0.25, 0.3) is 0 Å².